The number of carbonyl (C=O) groups is 1. The maximum atomic E-state index is 11.5. The molecule has 1 amide bonds. The van der Waals surface area contributed by atoms with Gasteiger partial charge >= 0.3 is 0 Å². The average Bonchev–Trinajstić information content (AvgIpc) is 2.37. The lowest BCUT2D eigenvalue weighted by Gasteiger charge is -2.12. The first-order chi connectivity index (χ1) is 8.65. The lowest BCUT2D eigenvalue weighted by atomic mass is 10.2. The number of carbonyl (C=O) groups excluding carboxylic acids is 1. The number of benzene rings is 1. The lowest BCUT2D eigenvalue weighted by Crippen LogP contribution is -2.35. The van der Waals surface area contributed by atoms with Crippen LogP contribution < -0.4 is 14.8 Å². The number of hydrogen-bond donors (Lipinski definition) is 1. The van der Waals surface area contributed by atoms with Crippen LogP contribution >= 0.6 is 0 Å². The van der Waals surface area contributed by atoms with Gasteiger partial charge in [0.05, 0.1) is 6.61 Å². The molecule has 18 heavy (non-hydrogen) atoms. The second kappa shape index (κ2) is 7.58. The Morgan fingerprint density at radius 1 is 1.28 bits per heavy atom. The lowest BCUT2D eigenvalue weighted by molar-refractivity contribution is -0.123. The fraction of sp³-hybridized carbons (Fsp3) is 0.500. The molecule has 4 nitrogen and oxygen atoms in total. The van der Waals surface area contributed by atoms with Crippen molar-refractivity contribution in [3.05, 3.63) is 24.3 Å². The third-order valence-corrected chi connectivity index (χ3v) is 2.51. The fourth-order valence-corrected chi connectivity index (χ4v) is 1.39. The highest BCUT2D eigenvalue weighted by atomic mass is 16.5. The molecular formula is C14H21NO3. The summed E-state index contributed by atoms with van der Waals surface area (Å²) in [7, 11) is 0. The van der Waals surface area contributed by atoms with Gasteiger partial charge in [0, 0.05) is 12.1 Å². The molecule has 0 fully saturated rings. The summed E-state index contributed by atoms with van der Waals surface area (Å²) in [5.74, 6) is 1.28. The Morgan fingerprint density at radius 3 is 2.56 bits per heavy atom. The Kier molecular flexibility index (Phi) is 6.05. The molecule has 0 aromatic heterocycles. The van der Waals surface area contributed by atoms with Gasteiger partial charge in [-0.05, 0) is 32.4 Å². The smallest absolute Gasteiger partial charge is 0.258 e. The summed E-state index contributed by atoms with van der Waals surface area (Å²) >= 11 is 0. The van der Waals surface area contributed by atoms with Crippen molar-refractivity contribution in [2.24, 2.45) is 0 Å². The molecule has 1 aromatic rings. The van der Waals surface area contributed by atoms with E-state index in [0.717, 1.165) is 12.2 Å². The number of rotatable bonds is 7. The largest absolute Gasteiger partial charge is 0.494 e. The van der Waals surface area contributed by atoms with Gasteiger partial charge in [-0.2, -0.15) is 0 Å². The normalized spacial score (nSPS) is 11.7. The molecule has 0 spiro atoms. The van der Waals surface area contributed by atoms with Crippen LogP contribution in [0.25, 0.3) is 0 Å². The molecule has 0 saturated heterocycles. The highest BCUT2D eigenvalue weighted by Gasteiger charge is 2.06. The number of ether oxygens (including phenoxy) is 2. The van der Waals surface area contributed by atoms with E-state index in [-0.39, 0.29) is 18.6 Å². The molecule has 0 aliphatic heterocycles. The van der Waals surface area contributed by atoms with Gasteiger partial charge in [-0.25, -0.2) is 0 Å². The number of amides is 1. The molecule has 100 valence electrons. The summed E-state index contributed by atoms with van der Waals surface area (Å²) in [6, 6.07) is 7.46. The highest BCUT2D eigenvalue weighted by Crippen LogP contribution is 2.19. The molecule has 1 unspecified atom stereocenters. The molecule has 0 radical (unpaired) electrons. The maximum absolute atomic E-state index is 11.5. The van der Waals surface area contributed by atoms with Gasteiger partial charge in [-0.15, -0.1) is 0 Å². The van der Waals surface area contributed by atoms with Crippen LogP contribution in [0.3, 0.4) is 0 Å². The van der Waals surface area contributed by atoms with E-state index < -0.39 is 0 Å². The molecule has 1 rings (SSSR count). The van der Waals surface area contributed by atoms with E-state index in [4.69, 9.17) is 9.47 Å². The first-order valence-corrected chi connectivity index (χ1v) is 6.30. The summed E-state index contributed by atoms with van der Waals surface area (Å²) < 4.78 is 10.8. The Hall–Kier alpha value is -1.71. The van der Waals surface area contributed by atoms with Crippen LogP contribution in [0, 0.1) is 0 Å². The predicted octanol–water partition coefficient (Wildman–Crippen LogP) is 2.38. The van der Waals surface area contributed by atoms with E-state index in [1.165, 1.54) is 0 Å². The molecular weight excluding hydrogens is 230 g/mol. The minimum atomic E-state index is -0.105. The second-order valence-electron chi connectivity index (χ2n) is 4.07. The Labute approximate surface area is 108 Å². The van der Waals surface area contributed by atoms with Crippen molar-refractivity contribution < 1.29 is 14.3 Å². The second-order valence-corrected chi connectivity index (χ2v) is 4.07. The van der Waals surface area contributed by atoms with Gasteiger partial charge in [0.2, 0.25) is 0 Å². The standard InChI is InChI=1S/C14H21NO3/c1-4-11(3)15-14(16)10-18-13-8-6-7-12(9-13)17-5-2/h6-9,11H,4-5,10H2,1-3H3,(H,15,16). The van der Waals surface area contributed by atoms with Gasteiger partial charge in [-0.3, -0.25) is 4.79 Å². The van der Waals surface area contributed by atoms with Crippen molar-refractivity contribution in [1.82, 2.24) is 5.32 Å². The fourth-order valence-electron chi connectivity index (χ4n) is 1.39. The van der Waals surface area contributed by atoms with E-state index in [2.05, 4.69) is 5.32 Å². The SMILES string of the molecule is CCOc1cccc(OCC(=O)NC(C)CC)c1. The molecule has 1 N–H and O–H groups in total. The Bertz CT molecular complexity index is 379. The Balaban J connectivity index is 2.43. The zero-order valence-electron chi connectivity index (χ0n) is 11.2. The summed E-state index contributed by atoms with van der Waals surface area (Å²) in [6.45, 7) is 6.55. The molecule has 1 atom stereocenters. The van der Waals surface area contributed by atoms with Gasteiger partial charge in [-0.1, -0.05) is 13.0 Å². The van der Waals surface area contributed by atoms with Crippen molar-refractivity contribution in [3.63, 3.8) is 0 Å². The van der Waals surface area contributed by atoms with Crippen LogP contribution in [-0.2, 0) is 4.79 Å². The summed E-state index contributed by atoms with van der Waals surface area (Å²) in [5, 5.41) is 2.84. The van der Waals surface area contributed by atoms with Crippen LogP contribution in [0.5, 0.6) is 11.5 Å². The predicted molar refractivity (Wildman–Crippen MR) is 71.0 cm³/mol. The van der Waals surface area contributed by atoms with E-state index in [1.807, 2.05) is 32.9 Å². The number of nitrogens with one attached hydrogen (secondary N) is 1. The summed E-state index contributed by atoms with van der Waals surface area (Å²) in [6.07, 6.45) is 0.908. The monoisotopic (exact) mass is 251 g/mol. The average molecular weight is 251 g/mol. The highest BCUT2D eigenvalue weighted by molar-refractivity contribution is 5.77. The molecule has 0 bridgehead atoms. The zero-order valence-corrected chi connectivity index (χ0v) is 11.2. The molecule has 0 aliphatic rings. The van der Waals surface area contributed by atoms with Gasteiger partial charge < -0.3 is 14.8 Å². The quantitative estimate of drug-likeness (QED) is 0.809. The van der Waals surface area contributed by atoms with Crippen LogP contribution in [0.4, 0.5) is 0 Å². The summed E-state index contributed by atoms with van der Waals surface area (Å²) in [4.78, 5) is 11.5. The van der Waals surface area contributed by atoms with Crippen molar-refractivity contribution in [2.45, 2.75) is 33.2 Å². The Morgan fingerprint density at radius 2 is 1.94 bits per heavy atom. The van der Waals surface area contributed by atoms with Crippen molar-refractivity contribution >= 4 is 5.91 Å². The first-order valence-electron chi connectivity index (χ1n) is 6.30. The third kappa shape index (κ3) is 5.08. The zero-order chi connectivity index (χ0) is 13.4. The van der Waals surface area contributed by atoms with Gasteiger partial charge in [0.25, 0.3) is 5.91 Å². The molecule has 0 saturated carbocycles. The van der Waals surface area contributed by atoms with E-state index in [0.29, 0.717) is 12.4 Å². The van der Waals surface area contributed by atoms with Crippen molar-refractivity contribution in [3.8, 4) is 11.5 Å². The minimum Gasteiger partial charge on any atom is -0.494 e. The first kappa shape index (κ1) is 14.4. The van der Waals surface area contributed by atoms with E-state index in [9.17, 15) is 4.79 Å². The third-order valence-electron chi connectivity index (χ3n) is 2.51. The van der Waals surface area contributed by atoms with E-state index in [1.54, 1.807) is 12.1 Å². The van der Waals surface area contributed by atoms with E-state index >= 15 is 0 Å². The van der Waals surface area contributed by atoms with Gasteiger partial charge in [0.15, 0.2) is 6.61 Å². The molecule has 1 aromatic carbocycles. The van der Waals surface area contributed by atoms with Crippen molar-refractivity contribution in [2.75, 3.05) is 13.2 Å². The molecule has 0 aliphatic carbocycles. The topological polar surface area (TPSA) is 47.6 Å². The van der Waals surface area contributed by atoms with Crippen LogP contribution in [0.2, 0.25) is 0 Å². The number of hydrogen-bond acceptors (Lipinski definition) is 3. The maximum Gasteiger partial charge on any atom is 0.258 e. The van der Waals surface area contributed by atoms with Crippen LogP contribution in [0.1, 0.15) is 27.2 Å². The van der Waals surface area contributed by atoms with Crippen molar-refractivity contribution in [1.29, 1.82) is 0 Å². The minimum absolute atomic E-state index is 0.0277. The summed E-state index contributed by atoms with van der Waals surface area (Å²) in [5.41, 5.74) is 0. The van der Waals surface area contributed by atoms with Gasteiger partial charge in [0.1, 0.15) is 11.5 Å². The molecule has 0 heterocycles. The molecule has 4 heteroatoms. The van der Waals surface area contributed by atoms with Crippen LogP contribution in [0.15, 0.2) is 24.3 Å². The van der Waals surface area contributed by atoms with Crippen LogP contribution in [-0.4, -0.2) is 25.2 Å².